The molecule has 0 aliphatic heterocycles. The van der Waals surface area contributed by atoms with Crippen molar-refractivity contribution in [2.45, 2.75) is 43.9 Å². The summed E-state index contributed by atoms with van der Waals surface area (Å²) in [7, 11) is 0. The van der Waals surface area contributed by atoms with E-state index in [4.69, 9.17) is 10.7 Å². The Kier molecular flexibility index (Phi) is 2.00. The summed E-state index contributed by atoms with van der Waals surface area (Å²) in [5.74, 6) is 2.91. The quantitative estimate of drug-likeness (QED) is 0.860. The molecule has 0 atom stereocenters. The largest absolute Gasteiger partial charge is 0.398 e. The Hall–Kier alpha value is -1.51. The van der Waals surface area contributed by atoms with Gasteiger partial charge in [0.1, 0.15) is 5.65 Å². The lowest BCUT2D eigenvalue weighted by Crippen LogP contribution is -2.48. The van der Waals surface area contributed by atoms with Crippen molar-refractivity contribution in [3.05, 3.63) is 30.2 Å². The SMILES string of the molecule is Nc1ccc2nc(C34CC5CC(CC(C5)C3)C4)cn2c1. The minimum Gasteiger partial charge on any atom is -0.398 e. The van der Waals surface area contributed by atoms with Crippen molar-refractivity contribution < 1.29 is 0 Å². The molecule has 0 radical (unpaired) electrons. The van der Waals surface area contributed by atoms with Crippen LogP contribution in [0.3, 0.4) is 0 Å². The summed E-state index contributed by atoms with van der Waals surface area (Å²) in [4.78, 5) is 4.95. The highest BCUT2D eigenvalue weighted by molar-refractivity contribution is 5.49. The summed E-state index contributed by atoms with van der Waals surface area (Å²) in [6.07, 6.45) is 12.8. The molecule has 0 unspecified atom stereocenters. The molecule has 3 nitrogen and oxygen atoms in total. The first kappa shape index (κ1) is 11.2. The molecular formula is C17H21N3. The third-order valence-corrected chi connectivity index (χ3v) is 6.06. The molecule has 4 bridgehead atoms. The maximum absolute atomic E-state index is 5.89. The van der Waals surface area contributed by atoms with Crippen molar-refractivity contribution in [3.8, 4) is 0 Å². The molecule has 0 amide bonds. The number of rotatable bonds is 1. The van der Waals surface area contributed by atoms with Gasteiger partial charge in [0.05, 0.1) is 5.69 Å². The maximum atomic E-state index is 5.89. The summed E-state index contributed by atoms with van der Waals surface area (Å²) in [5.41, 5.74) is 9.47. The highest BCUT2D eigenvalue weighted by Crippen LogP contribution is 2.60. The maximum Gasteiger partial charge on any atom is 0.137 e. The minimum absolute atomic E-state index is 0.384. The van der Waals surface area contributed by atoms with Gasteiger partial charge in [-0.25, -0.2) is 4.98 Å². The molecule has 4 fully saturated rings. The molecule has 2 N–H and O–H groups in total. The molecule has 2 heterocycles. The van der Waals surface area contributed by atoms with Gasteiger partial charge in [-0.15, -0.1) is 0 Å². The molecule has 4 saturated carbocycles. The Morgan fingerprint density at radius 3 is 2.30 bits per heavy atom. The standard InChI is InChI=1S/C17H21N3/c18-14-1-2-16-19-15(10-20(16)9-14)17-6-11-3-12(7-17)5-13(4-11)8-17/h1-2,9-13H,3-8,18H2. The fraction of sp³-hybridized carbons (Fsp3) is 0.588. The lowest BCUT2D eigenvalue weighted by molar-refractivity contribution is -0.00697. The predicted octanol–water partition coefficient (Wildman–Crippen LogP) is 3.38. The van der Waals surface area contributed by atoms with Gasteiger partial charge in [0, 0.05) is 23.5 Å². The van der Waals surface area contributed by atoms with Crippen LogP contribution in [0.15, 0.2) is 24.5 Å². The van der Waals surface area contributed by atoms with Crippen LogP contribution >= 0.6 is 0 Å². The van der Waals surface area contributed by atoms with E-state index in [9.17, 15) is 0 Å². The third kappa shape index (κ3) is 1.44. The van der Waals surface area contributed by atoms with E-state index in [-0.39, 0.29) is 0 Å². The lowest BCUT2D eigenvalue weighted by Gasteiger charge is -2.56. The topological polar surface area (TPSA) is 43.3 Å². The van der Waals surface area contributed by atoms with Crippen LogP contribution in [0.5, 0.6) is 0 Å². The molecular weight excluding hydrogens is 246 g/mol. The highest BCUT2D eigenvalue weighted by Gasteiger charge is 2.52. The second kappa shape index (κ2) is 3.57. The monoisotopic (exact) mass is 267 g/mol. The molecule has 0 spiro atoms. The van der Waals surface area contributed by atoms with Crippen molar-refractivity contribution in [3.63, 3.8) is 0 Å². The van der Waals surface area contributed by atoms with Crippen LogP contribution in [0.1, 0.15) is 44.2 Å². The van der Waals surface area contributed by atoms with Gasteiger partial charge in [-0.1, -0.05) is 0 Å². The number of imidazole rings is 1. The van der Waals surface area contributed by atoms with Crippen LogP contribution in [0, 0.1) is 17.8 Å². The zero-order valence-corrected chi connectivity index (χ0v) is 11.8. The van der Waals surface area contributed by atoms with Gasteiger partial charge in [-0.3, -0.25) is 0 Å². The number of nitrogen functional groups attached to an aromatic ring is 1. The van der Waals surface area contributed by atoms with Gasteiger partial charge in [-0.05, 0) is 68.4 Å². The van der Waals surface area contributed by atoms with Crippen LogP contribution in [0.4, 0.5) is 5.69 Å². The molecule has 0 saturated heterocycles. The summed E-state index contributed by atoms with van der Waals surface area (Å²) < 4.78 is 2.11. The predicted molar refractivity (Wildman–Crippen MR) is 79.5 cm³/mol. The van der Waals surface area contributed by atoms with E-state index >= 15 is 0 Å². The van der Waals surface area contributed by atoms with E-state index in [2.05, 4.69) is 10.6 Å². The molecule has 104 valence electrons. The van der Waals surface area contributed by atoms with E-state index in [1.165, 1.54) is 44.2 Å². The Bertz CT molecular complexity index is 649. The van der Waals surface area contributed by atoms with Crippen molar-refractivity contribution in [2.75, 3.05) is 5.73 Å². The first-order valence-corrected chi connectivity index (χ1v) is 7.95. The number of hydrogen-bond donors (Lipinski definition) is 1. The Balaban J connectivity index is 1.63. The third-order valence-electron chi connectivity index (χ3n) is 6.06. The number of nitrogens with zero attached hydrogens (tertiary/aromatic N) is 2. The van der Waals surface area contributed by atoms with Crippen molar-refractivity contribution in [1.82, 2.24) is 9.38 Å². The van der Waals surface area contributed by atoms with Crippen LogP contribution in [-0.4, -0.2) is 9.38 Å². The second-order valence-corrected chi connectivity index (χ2v) is 7.55. The second-order valence-electron chi connectivity index (χ2n) is 7.55. The van der Waals surface area contributed by atoms with E-state index in [0.717, 1.165) is 29.1 Å². The smallest absolute Gasteiger partial charge is 0.137 e. The van der Waals surface area contributed by atoms with Crippen molar-refractivity contribution >= 4 is 11.3 Å². The van der Waals surface area contributed by atoms with E-state index in [0.29, 0.717) is 5.41 Å². The zero-order valence-electron chi connectivity index (χ0n) is 11.8. The first-order chi connectivity index (χ1) is 9.70. The number of aromatic nitrogens is 2. The molecule has 2 aromatic heterocycles. The number of nitrogens with two attached hydrogens (primary N) is 1. The Morgan fingerprint density at radius 2 is 1.65 bits per heavy atom. The van der Waals surface area contributed by atoms with Crippen LogP contribution < -0.4 is 5.73 Å². The average molecular weight is 267 g/mol. The van der Waals surface area contributed by atoms with Gasteiger partial charge >= 0.3 is 0 Å². The number of fused-ring (bicyclic) bond motifs is 1. The fourth-order valence-corrected chi connectivity index (χ4v) is 5.69. The van der Waals surface area contributed by atoms with Crippen molar-refractivity contribution in [2.24, 2.45) is 17.8 Å². The average Bonchev–Trinajstić information content (AvgIpc) is 2.80. The lowest BCUT2D eigenvalue weighted by atomic mass is 9.49. The molecule has 4 aliphatic rings. The minimum atomic E-state index is 0.384. The molecule has 0 aromatic carbocycles. The molecule has 4 aliphatic carbocycles. The Morgan fingerprint density at radius 1 is 1.00 bits per heavy atom. The van der Waals surface area contributed by atoms with Gasteiger partial charge < -0.3 is 10.1 Å². The number of hydrogen-bond acceptors (Lipinski definition) is 2. The summed E-state index contributed by atoms with van der Waals surface area (Å²) in [5, 5.41) is 0. The summed E-state index contributed by atoms with van der Waals surface area (Å²) in [6, 6.07) is 3.99. The number of anilines is 1. The Labute approximate surface area is 119 Å². The highest BCUT2D eigenvalue weighted by atomic mass is 15.0. The van der Waals surface area contributed by atoms with Crippen LogP contribution in [0.2, 0.25) is 0 Å². The number of pyridine rings is 1. The molecule has 20 heavy (non-hydrogen) atoms. The van der Waals surface area contributed by atoms with Gasteiger partial charge in [0.2, 0.25) is 0 Å². The van der Waals surface area contributed by atoms with E-state index < -0.39 is 0 Å². The van der Waals surface area contributed by atoms with Gasteiger partial charge in [0.15, 0.2) is 0 Å². The van der Waals surface area contributed by atoms with E-state index in [1.54, 1.807) is 0 Å². The van der Waals surface area contributed by atoms with Crippen molar-refractivity contribution in [1.29, 1.82) is 0 Å². The molecule has 6 rings (SSSR count). The molecule has 3 heteroatoms. The molecule has 2 aromatic rings. The fourth-order valence-electron chi connectivity index (χ4n) is 5.69. The first-order valence-electron chi connectivity index (χ1n) is 7.95. The summed E-state index contributed by atoms with van der Waals surface area (Å²) >= 11 is 0. The van der Waals surface area contributed by atoms with Crippen LogP contribution in [0.25, 0.3) is 5.65 Å². The van der Waals surface area contributed by atoms with Gasteiger partial charge in [-0.2, -0.15) is 0 Å². The van der Waals surface area contributed by atoms with Gasteiger partial charge in [0.25, 0.3) is 0 Å². The summed E-state index contributed by atoms with van der Waals surface area (Å²) in [6.45, 7) is 0. The van der Waals surface area contributed by atoms with Crippen LogP contribution in [-0.2, 0) is 5.41 Å². The normalized spacial score (nSPS) is 38.7. The zero-order chi connectivity index (χ0) is 13.3. The van der Waals surface area contributed by atoms with E-state index in [1.807, 2.05) is 18.3 Å².